The molecule has 0 radical (unpaired) electrons. The van der Waals surface area contributed by atoms with E-state index in [9.17, 15) is 14.3 Å². The minimum absolute atomic E-state index is 0.220. The van der Waals surface area contributed by atoms with Crippen LogP contribution in [0, 0.1) is 5.82 Å². The van der Waals surface area contributed by atoms with E-state index in [1.54, 1.807) is 31.2 Å². The molecular weight excluding hydrogens is 299 g/mol. The second kappa shape index (κ2) is 6.29. The molecule has 1 aliphatic rings. The van der Waals surface area contributed by atoms with Gasteiger partial charge in [-0.1, -0.05) is 0 Å². The number of aromatic nitrogens is 1. The van der Waals surface area contributed by atoms with Crippen LogP contribution in [-0.2, 0) is 4.74 Å². The van der Waals surface area contributed by atoms with Crippen LogP contribution in [0.1, 0.15) is 29.8 Å². The SMILES string of the molecule is CO[C@@H]1CCC[C@@H](N(C)C(=O)c2cc3ccc(F)cc3[nH]2)[C@H]1O. The number of carbonyl (C=O) groups is 1. The van der Waals surface area contributed by atoms with Crippen molar-refractivity contribution in [3.63, 3.8) is 0 Å². The maximum Gasteiger partial charge on any atom is 0.270 e. The number of benzene rings is 1. The molecule has 1 fully saturated rings. The molecule has 1 heterocycles. The minimum Gasteiger partial charge on any atom is -0.388 e. The van der Waals surface area contributed by atoms with Gasteiger partial charge < -0.3 is 19.7 Å². The first-order valence-electron chi connectivity index (χ1n) is 7.77. The van der Waals surface area contributed by atoms with E-state index < -0.39 is 6.10 Å². The lowest BCUT2D eigenvalue weighted by Gasteiger charge is -2.39. The monoisotopic (exact) mass is 320 g/mol. The molecule has 0 unspecified atom stereocenters. The largest absolute Gasteiger partial charge is 0.388 e. The van der Waals surface area contributed by atoms with E-state index >= 15 is 0 Å². The van der Waals surface area contributed by atoms with Crippen LogP contribution in [0.4, 0.5) is 4.39 Å². The van der Waals surface area contributed by atoms with E-state index in [-0.39, 0.29) is 23.9 Å². The highest BCUT2D eigenvalue weighted by Crippen LogP contribution is 2.26. The summed E-state index contributed by atoms with van der Waals surface area (Å²) in [4.78, 5) is 17.2. The van der Waals surface area contributed by atoms with Crippen LogP contribution in [0.3, 0.4) is 0 Å². The number of fused-ring (bicyclic) bond motifs is 1. The molecule has 1 saturated carbocycles. The molecule has 0 saturated heterocycles. The fourth-order valence-corrected chi connectivity index (χ4v) is 3.35. The molecule has 124 valence electrons. The number of aliphatic hydroxyl groups is 1. The van der Waals surface area contributed by atoms with Gasteiger partial charge in [-0.25, -0.2) is 4.39 Å². The average Bonchev–Trinajstić information content (AvgIpc) is 2.96. The molecule has 5 nitrogen and oxygen atoms in total. The molecule has 0 bridgehead atoms. The standard InChI is InChI=1S/C17H21FN2O3/c1-20(14-4-3-5-15(23-2)16(14)21)17(22)13-8-10-6-7-11(18)9-12(10)19-13/h6-9,14-16,19,21H,3-5H2,1-2H3/t14-,15-,16-/m1/s1. The number of H-pyrrole nitrogens is 1. The number of halogens is 1. The Bertz CT molecular complexity index is 715. The Morgan fingerprint density at radius 3 is 2.91 bits per heavy atom. The first-order valence-corrected chi connectivity index (χ1v) is 7.77. The summed E-state index contributed by atoms with van der Waals surface area (Å²) in [6.45, 7) is 0. The third kappa shape index (κ3) is 2.96. The predicted octanol–water partition coefficient (Wildman–Crippen LogP) is 2.31. The summed E-state index contributed by atoms with van der Waals surface area (Å²) < 4.78 is 18.6. The summed E-state index contributed by atoms with van der Waals surface area (Å²) in [5.41, 5.74) is 0.973. The highest BCUT2D eigenvalue weighted by molar-refractivity contribution is 5.98. The Morgan fingerprint density at radius 2 is 2.17 bits per heavy atom. The Kier molecular flexibility index (Phi) is 4.37. The van der Waals surface area contributed by atoms with Crippen LogP contribution < -0.4 is 0 Å². The number of ether oxygens (including phenoxy) is 1. The maximum absolute atomic E-state index is 13.3. The van der Waals surface area contributed by atoms with E-state index in [1.165, 1.54) is 12.1 Å². The third-order valence-corrected chi connectivity index (χ3v) is 4.70. The van der Waals surface area contributed by atoms with Crippen LogP contribution in [0.2, 0.25) is 0 Å². The number of nitrogens with zero attached hydrogens (tertiary/aromatic N) is 1. The van der Waals surface area contributed by atoms with Gasteiger partial charge >= 0.3 is 0 Å². The number of likely N-dealkylation sites (N-methyl/N-ethyl adjacent to an activating group) is 1. The van der Waals surface area contributed by atoms with E-state index in [0.29, 0.717) is 11.2 Å². The molecule has 3 rings (SSSR count). The molecule has 0 spiro atoms. The van der Waals surface area contributed by atoms with Crippen LogP contribution in [0.5, 0.6) is 0 Å². The van der Waals surface area contributed by atoms with Crippen molar-refractivity contribution in [1.29, 1.82) is 0 Å². The number of rotatable bonds is 3. The quantitative estimate of drug-likeness (QED) is 0.912. The summed E-state index contributed by atoms with van der Waals surface area (Å²) >= 11 is 0. The molecule has 0 aliphatic heterocycles. The zero-order valence-electron chi connectivity index (χ0n) is 13.3. The van der Waals surface area contributed by atoms with Crippen molar-refractivity contribution in [2.24, 2.45) is 0 Å². The van der Waals surface area contributed by atoms with Crippen LogP contribution in [0.25, 0.3) is 10.9 Å². The maximum atomic E-state index is 13.3. The Labute approximate surface area is 134 Å². The Balaban J connectivity index is 1.83. The van der Waals surface area contributed by atoms with Crippen molar-refractivity contribution in [2.45, 2.75) is 37.5 Å². The minimum atomic E-state index is -0.704. The smallest absolute Gasteiger partial charge is 0.270 e. The van der Waals surface area contributed by atoms with Crippen molar-refractivity contribution in [3.8, 4) is 0 Å². The number of hydrogen-bond donors (Lipinski definition) is 2. The summed E-state index contributed by atoms with van der Waals surface area (Å²) in [6, 6.07) is 5.78. The number of hydrogen-bond acceptors (Lipinski definition) is 3. The van der Waals surface area contributed by atoms with Crippen molar-refractivity contribution < 1.29 is 19.0 Å². The number of methoxy groups -OCH3 is 1. The summed E-state index contributed by atoms with van der Waals surface area (Å²) in [6.07, 6.45) is 1.47. The van der Waals surface area contributed by atoms with Crippen LogP contribution in [-0.4, -0.2) is 53.3 Å². The van der Waals surface area contributed by atoms with Gasteiger partial charge in [-0.3, -0.25) is 4.79 Å². The van der Waals surface area contributed by atoms with Gasteiger partial charge in [0, 0.05) is 25.1 Å². The van der Waals surface area contributed by atoms with Crippen molar-refractivity contribution in [1.82, 2.24) is 9.88 Å². The predicted molar refractivity (Wildman–Crippen MR) is 84.8 cm³/mol. The van der Waals surface area contributed by atoms with Crippen molar-refractivity contribution >= 4 is 16.8 Å². The van der Waals surface area contributed by atoms with Gasteiger partial charge in [0.05, 0.1) is 12.1 Å². The summed E-state index contributed by atoms with van der Waals surface area (Å²) in [5, 5.41) is 11.2. The molecule has 6 heteroatoms. The molecule has 2 aromatic rings. The van der Waals surface area contributed by atoms with Gasteiger partial charge in [0.25, 0.3) is 5.91 Å². The highest BCUT2D eigenvalue weighted by atomic mass is 19.1. The first-order chi connectivity index (χ1) is 11.0. The van der Waals surface area contributed by atoms with Gasteiger partial charge in [-0.05, 0) is 43.5 Å². The lowest BCUT2D eigenvalue weighted by molar-refractivity contribution is -0.0715. The fourth-order valence-electron chi connectivity index (χ4n) is 3.35. The van der Waals surface area contributed by atoms with Crippen LogP contribution >= 0.6 is 0 Å². The van der Waals surface area contributed by atoms with E-state index in [2.05, 4.69) is 4.98 Å². The zero-order chi connectivity index (χ0) is 16.6. The van der Waals surface area contributed by atoms with Gasteiger partial charge in [0.1, 0.15) is 17.6 Å². The number of carbonyl (C=O) groups excluding carboxylic acids is 1. The number of nitrogens with one attached hydrogen (secondary N) is 1. The van der Waals surface area contributed by atoms with E-state index in [0.717, 1.165) is 24.6 Å². The van der Waals surface area contributed by atoms with Gasteiger partial charge in [0.15, 0.2) is 0 Å². The van der Waals surface area contributed by atoms with Gasteiger partial charge in [0.2, 0.25) is 0 Å². The molecule has 3 atom stereocenters. The third-order valence-electron chi connectivity index (χ3n) is 4.70. The number of amides is 1. The van der Waals surface area contributed by atoms with Crippen molar-refractivity contribution in [2.75, 3.05) is 14.2 Å². The summed E-state index contributed by atoms with van der Waals surface area (Å²) in [5.74, 6) is -0.570. The lowest BCUT2D eigenvalue weighted by Crippen LogP contribution is -2.52. The summed E-state index contributed by atoms with van der Waals surface area (Å²) in [7, 11) is 3.25. The fraction of sp³-hybridized carbons (Fsp3) is 0.471. The van der Waals surface area contributed by atoms with E-state index in [4.69, 9.17) is 4.74 Å². The topological polar surface area (TPSA) is 65.6 Å². The molecule has 1 aliphatic carbocycles. The Morgan fingerprint density at radius 1 is 1.39 bits per heavy atom. The highest BCUT2D eigenvalue weighted by Gasteiger charge is 2.36. The van der Waals surface area contributed by atoms with Gasteiger partial charge in [-0.15, -0.1) is 0 Å². The molecule has 1 amide bonds. The Hall–Kier alpha value is -1.92. The van der Waals surface area contributed by atoms with Crippen molar-refractivity contribution in [3.05, 3.63) is 35.8 Å². The molecule has 23 heavy (non-hydrogen) atoms. The lowest BCUT2D eigenvalue weighted by atomic mass is 9.89. The molecule has 1 aromatic heterocycles. The molecule has 1 aromatic carbocycles. The molecule has 2 N–H and O–H groups in total. The first kappa shape index (κ1) is 16.0. The number of aliphatic hydroxyl groups excluding tert-OH is 1. The zero-order valence-corrected chi connectivity index (χ0v) is 13.3. The normalized spacial score (nSPS) is 24.8. The second-order valence-corrected chi connectivity index (χ2v) is 6.09. The molecular formula is C17H21FN2O3. The van der Waals surface area contributed by atoms with Crippen LogP contribution in [0.15, 0.2) is 24.3 Å². The average molecular weight is 320 g/mol. The number of aromatic amines is 1. The second-order valence-electron chi connectivity index (χ2n) is 6.09. The van der Waals surface area contributed by atoms with E-state index in [1.807, 2.05) is 0 Å². The van der Waals surface area contributed by atoms with Gasteiger partial charge in [-0.2, -0.15) is 0 Å².